The molecule has 5 nitrogen and oxygen atoms in total. The summed E-state index contributed by atoms with van der Waals surface area (Å²) in [6.45, 7) is 6.15. The van der Waals surface area contributed by atoms with Crippen LogP contribution in [0.4, 0.5) is 0 Å². The number of hydrogen-bond acceptors (Lipinski definition) is 5. The third-order valence-corrected chi connectivity index (χ3v) is 4.99. The number of carbonyl (C=O) groups excluding carboxylic acids is 2. The molecule has 0 aliphatic carbocycles. The largest absolute Gasteiger partial charge is 0.497 e. The Morgan fingerprint density at radius 2 is 1.37 bits per heavy atom. The second-order valence-corrected chi connectivity index (χ2v) is 6.76. The molecule has 1 rings (SSSR count). The Morgan fingerprint density at radius 1 is 0.815 bits per heavy atom. The second kappa shape index (κ2) is 12.4. The maximum absolute atomic E-state index is 12.7. The van der Waals surface area contributed by atoms with E-state index in [1.807, 2.05) is 13.8 Å². The summed E-state index contributed by atoms with van der Waals surface area (Å²) in [5, 5.41) is 0. The van der Waals surface area contributed by atoms with Crippen LogP contribution in [0.5, 0.6) is 11.5 Å². The normalized spacial score (nSPS) is 11.1. The zero-order chi connectivity index (χ0) is 20.1. The molecular formula is C22H34O5. The number of rotatable bonds is 13. The van der Waals surface area contributed by atoms with E-state index in [4.69, 9.17) is 14.2 Å². The van der Waals surface area contributed by atoms with Crippen LogP contribution < -0.4 is 9.47 Å². The van der Waals surface area contributed by atoms with Crippen molar-refractivity contribution in [2.45, 2.75) is 72.1 Å². The van der Waals surface area contributed by atoms with Gasteiger partial charge in [0.2, 0.25) is 0 Å². The molecule has 0 aliphatic rings. The minimum Gasteiger partial charge on any atom is -0.497 e. The number of esters is 2. The molecule has 0 unspecified atom stereocenters. The molecule has 0 aromatic heterocycles. The molecule has 0 saturated heterocycles. The van der Waals surface area contributed by atoms with Crippen molar-refractivity contribution in [3.05, 3.63) is 24.3 Å². The third kappa shape index (κ3) is 6.89. The Bertz CT molecular complexity index is 561. The van der Waals surface area contributed by atoms with Crippen LogP contribution in [-0.2, 0) is 14.3 Å². The minimum atomic E-state index is -1.26. The summed E-state index contributed by atoms with van der Waals surface area (Å²) in [4.78, 5) is 25.4. The molecule has 0 aliphatic heterocycles. The molecule has 0 amide bonds. The van der Waals surface area contributed by atoms with Gasteiger partial charge in [0.25, 0.3) is 0 Å². The summed E-state index contributed by atoms with van der Waals surface area (Å²) in [6.07, 6.45) is 7.36. The number of carbonyl (C=O) groups is 2. The Hall–Kier alpha value is -2.04. The van der Waals surface area contributed by atoms with E-state index in [0.717, 1.165) is 19.3 Å². The molecule has 0 saturated carbocycles. The summed E-state index contributed by atoms with van der Waals surface area (Å²) in [7, 11) is 1.57. The SMILES string of the molecule is CCCCCCCCOC(=O)C(CC)(CC)C(=O)Oc1ccc(OC)cc1. The van der Waals surface area contributed by atoms with E-state index < -0.39 is 17.4 Å². The van der Waals surface area contributed by atoms with Crippen LogP contribution in [0.15, 0.2) is 24.3 Å². The zero-order valence-electron chi connectivity index (χ0n) is 17.2. The average molecular weight is 379 g/mol. The van der Waals surface area contributed by atoms with Crippen LogP contribution in [0.25, 0.3) is 0 Å². The highest BCUT2D eigenvalue weighted by Gasteiger charge is 2.46. The van der Waals surface area contributed by atoms with E-state index in [1.165, 1.54) is 19.3 Å². The molecule has 27 heavy (non-hydrogen) atoms. The first-order chi connectivity index (χ1) is 13.0. The van der Waals surface area contributed by atoms with Crippen molar-refractivity contribution in [1.82, 2.24) is 0 Å². The molecule has 0 N–H and O–H groups in total. The molecular weight excluding hydrogens is 344 g/mol. The lowest BCUT2D eigenvalue weighted by atomic mass is 9.82. The topological polar surface area (TPSA) is 61.8 Å². The quantitative estimate of drug-likeness (QED) is 0.201. The predicted octanol–water partition coefficient (Wildman–Crippen LogP) is 5.31. The first-order valence-corrected chi connectivity index (χ1v) is 10.1. The lowest BCUT2D eigenvalue weighted by Gasteiger charge is -2.26. The van der Waals surface area contributed by atoms with Crippen molar-refractivity contribution in [3.8, 4) is 11.5 Å². The van der Waals surface area contributed by atoms with Gasteiger partial charge in [-0.15, -0.1) is 0 Å². The van der Waals surface area contributed by atoms with E-state index in [0.29, 0.717) is 30.9 Å². The average Bonchev–Trinajstić information content (AvgIpc) is 2.69. The van der Waals surface area contributed by atoms with Crippen LogP contribution in [0.1, 0.15) is 72.1 Å². The Morgan fingerprint density at radius 3 is 1.93 bits per heavy atom. The smallest absolute Gasteiger partial charge is 0.328 e. The van der Waals surface area contributed by atoms with Crippen molar-refractivity contribution in [2.24, 2.45) is 5.41 Å². The number of unbranched alkanes of at least 4 members (excludes halogenated alkanes) is 5. The highest BCUT2D eigenvalue weighted by Crippen LogP contribution is 2.31. The fourth-order valence-corrected chi connectivity index (χ4v) is 2.94. The van der Waals surface area contributed by atoms with E-state index in [1.54, 1.807) is 31.4 Å². The van der Waals surface area contributed by atoms with Gasteiger partial charge < -0.3 is 14.2 Å². The zero-order valence-corrected chi connectivity index (χ0v) is 17.2. The summed E-state index contributed by atoms with van der Waals surface area (Å²) in [5.74, 6) is 0.00590. The van der Waals surface area contributed by atoms with Crippen LogP contribution in [0.2, 0.25) is 0 Å². The first kappa shape index (κ1) is 23.0. The lowest BCUT2D eigenvalue weighted by Crippen LogP contribution is -2.42. The molecule has 0 fully saturated rings. The van der Waals surface area contributed by atoms with Crippen LogP contribution >= 0.6 is 0 Å². The van der Waals surface area contributed by atoms with E-state index in [-0.39, 0.29) is 0 Å². The van der Waals surface area contributed by atoms with Gasteiger partial charge >= 0.3 is 11.9 Å². The van der Waals surface area contributed by atoms with Crippen LogP contribution in [-0.4, -0.2) is 25.7 Å². The first-order valence-electron chi connectivity index (χ1n) is 10.1. The summed E-state index contributed by atoms with van der Waals surface area (Å²) in [6, 6.07) is 6.71. The summed E-state index contributed by atoms with van der Waals surface area (Å²) in [5.41, 5.74) is -1.26. The van der Waals surface area contributed by atoms with Gasteiger partial charge in [0.05, 0.1) is 13.7 Å². The minimum absolute atomic E-state index is 0.341. The molecule has 0 radical (unpaired) electrons. The van der Waals surface area contributed by atoms with Crippen molar-refractivity contribution in [3.63, 3.8) is 0 Å². The number of methoxy groups -OCH3 is 1. The van der Waals surface area contributed by atoms with Gasteiger partial charge in [-0.3, -0.25) is 9.59 Å². The fraction of sp³-hybridized carbons (Fsp3) is 0.636. The molecule has 152 valence electrons. The van der Waals surface area contributed by atoms with Gasteiger partial charge in [-0.2, -0.15) is 0 Å². The standard InChI is InChI=1S/C22H34O5/c1-5-8-9-10-11-12-17-26-20(23)22(6-2,7-3)21(24)27-19-15-13-18(25-4)14-16-19/h13-16H,5-12,17H2,1-4H3. The van der Waals surface area contributed by atoms with Gasteiger partial charge in [-0.1, -0.05) is 52.9 Å². The fourth-order valence-electron chi connectivity index (χ4n) is 2.94. The summed E-state index contributed by atoms with van der Waals surface area (Å²) < 4.78 is 16.0. The third-order valence-electron chi connectivity index (χ3n) is 4.99. The Kier molecular flexibility index (Phi) is 10.5. The Balaban J connectivity index is 2.60. The lowest BCUT2D eigenvalue weighted by molar-refractivity contribution is -0.168. The highest BCUT2D eigenvalue weighted by atomic mass is 16.6. The van der Waals surface area contributed by atoms with Crippen molar-refractivity contribution >= 4 is 11.9 Å². The van der Waals surface area contributed by atoms with Crippen molar-refractivity contribution in [1.29, 1.82) is 0 Å². The van der Waals surface area contributed by atoms with Crippen molar-refractivity contribution < 1.29 is 23.8 Å². The van der Waals surface area contributed by atoms with Gasteiger partial charge in [0.15, 0.2) is 5.41 Å². The molecule has 0 atom stereocenters. The van der Waals surface area contributed by atoms with Gasteiger partial charge in [0, 0.05) is 0 Å². The highest BCUT2D eigenvalue weighted by molar-refractivity contribution is 6.00. The molecule has 1 aromatic rings. The maximum atomic E-state index is 12.7. The predicted molar refractivity (Wildman–Crippen MR) is 106 cm³/mol. The number of ether oxygens (including phenoxy) is 3. The van der Waals surface area contributed by atoms with E-state index in [2.05, 4.69) is 6.92 Å². The molecule has 1 aromatic carbocycles. The molecule has 0 bridgehead atoms. The van der Waals surface area contributed by atoms with Crippen LogP contribution in [0, 0.1) is 5.41 Å². The van der Waals surface area contributed by atoms with Gasteiger partial charge in [-0.05, 0) is 43.5 Å². The Labute approximate surface area is 163 Å². The monoisotopic (exact) mass is 378 g/mol. The molecule has 0 spiro atoms. The maximum Gasteiger partial charge on any atom is 0.328 e. The molecule has 5 heteroatoms. The number of hydrogen-bond donors (Lipinski definition) is 0. The van der Waals surface area contributed by atoms with E-state index >= 15 is 0 Å². The van der Waals surface area contributed by atoms with E-state index in [9.17, 15) is 9.59 Å². The van der Waals surface area contributed by atoms with Crippen LogP contribution in [0.3, 0.4) is 0 Å². The van der Waals surface area contributed by atoms with Crippen molar-refractivity contribution in [2.75, 3.05) is 13.7 Å². The second-order valence-electron chi connectivity index (χ2n) is 6.76. The number of benzene rings is 1. The molecule has 0 heterocycles. The van der Waals surface area contributed by atoms with Gasteiger partial charge in [0.1, 0.15) is 11.5 Å². The summed E-state index contributed by atoms with van der Waals surface area (Å²) >= 11 is 0. The van der Waals surface area contributed by atoms with Gasteiger partial charge in [-0.25, -0.2) is 0 Å².